The van der Waals surface area contributed by atoms with Crippen LogP contribution in [0.25, 0.3) is 0 Å². The van der Waals surface area contributed by atoms with Gasteiger partial charge in [0.1, 0.15) is 0 Å². The van der Waals surface area contributed by atoms with Crippen LogP contribution in [0.2, 0.25) is 0 Å². The molecule has 2 aromatic rings. The molecule has 0 bridgehead atoms. The monoisotopic (exact) mass is 357 g/mol. The highest BCUT2D eigenvalue weighted by Gasteiger charge is 2.20. The van der Waals surface area contributed by atoms with E-state index in [1.165, 1.54) is 0 Å². The number of hydrogen-bond acceptors (Lipinski definition) is 4. The van der Waals surface area contributed by atoms with E-state index in [9.17, 15) is 4.79 Å². The Morgan fingerprint density at radius 3 is 2.95 bits per heavy atom. The topological polar surface area (TPSA) is 57.0 Å². The number of carbonyl (C=O) groups excluding carboxylic acids is 1. The summed E-state index contributed by atoms with van der Waals surface area (Å²) < 4.78 is 7.52. The number of esters is 1. The van der Waals surface area contributed by atoms with Crippen molar-refractivity contribution in [1.82, 2.24) is 15.0 Å². The Labute approximate surface area is 130 Å². The summed E-state index contributed by atoms with van der Waals surface area (Å²) in [4.78, 5) is 11.7. The molecule has 0 aliphatic carbocycles. The molecule has 1 aromatic heterocycles. The summed E-state index contributed by atoms with van der Waals surface area (Å²) in [7, 11) is 0. The quantitative estimate of drug-likeness (QED) is 0.609. The van der Waals surface area contributed by atoms with Crippen LogP contribution < -0.4 is 0 Å². The number of benzene rings is 1. The average Bonchev–Trinajstić information content (AvgIpc) is 2.82. The van der Waals surface area contributed by atoms with Crippen molar-refractivity contribution in [3.63, 3.8) is 0 Å². The van der Waals surface area contributed by atoms with Gasteiger partial charge >= 0.3 is 5.97 Å². The van der Waals surface area contributed by atoms with Gasteiger partial charge in [0.05, 0.1) is 24.7 Å². The summed E-state index contributed by atoms with van der Waals surface area (Å²) in [5, 5.41) is 7.85. The molecule has 1 heterocycles. The second-order valence-electron chi connectivity index (χ2n) is 4.03. The third-order valence-corrected chi connectivity index (χ3v) is 3.40. The zero-order valence-corrected chi connectivity index (χ0v) is 13.2. The van der Waals surface area contributed by atoms with E-state index < -0.39 is 5.97 Å². The molecule has 20 heavy (non-hydrogen) atoms. The van der Waals surface area contributed by atoms with Crippen LogP contribution in [0.5, 0.6) is 0 Å². The van der Waals surface area contributed by atoms with Gasteiger partial charge in [-0.3, -0.25) is 0 Å². The number of rotatable bonds is 5. The van der Waals surface area contributed by atoms with Crippen LogP contribution in [-0.2, 0) is 17.2 Å². The summed E-state index contributed by atoms with van der Waals surface area (Å²) in [6.07, 6.45) is 0. The lowest BCUT2D eigenvalue weighted by Gasteiger charge is -2.06. The maximum atomic E-state index is 11.7. The van der Waals surface area contributed by atoms with Crippen molar-refractivity contribution < 1.29 is 9.53 Å². The predicted molar refractivity (Wildman–Crippen MR) is 78.8 cm³/mol. The maximum absolute atomic E-state index is 11.7. The zero-order chi connectivity index (χ0) is 14.5. The molecule has 0 radical (unpaired) electrons. The average molecular weight is 359 g/mol. The van der Waals surface area contributed by atoms with Crippen LogP contribution in [-0.4, -0.2) is 27.6 Å². The first-order valence-electron chi connectivity index (χ1n) is 6.05. The molecule has 0 N–H and O–H groups in total. The Morgan fingerprint density at radius 2 is 2.30 bits per heavy atom. The van der Waals surface area contributed by atoms with E-state index in [-0.39, 0.29) is 11.6 Å². The standard InChI is InChI=1S/C13H13BrClN3O2/c1-2-20-13(19)12-11(7-15)18(17-16-12)8-9-4-3-5-10(14)6-9/h3-6H,2,7-8H2,1H3. The fourth-order valence-corrected chi connectivity index (χ4v) is 2.47. The van der Waals surface area contributed by atoms with Gasteiger partial charge < -0.3 is 4.74 Å². The Morgan fingerprint density at radius 1 is 1.50 bits per heavy atom. The van der Waals surface area contributed by atoms with Gasteiger partial charge in [-0.1, -0.05) is 33.3 Å². The van der Waals surface area contributed by atoms with Crippen LogP contribution in [0.3, 0.4) is 0 Å². The maximum Gasteiger partial charge on any atom is 0.360 e. The van der Waals surface area contributed by atoms with Gasteiger partial charge in [-0.05, 0) is 24.6 Å². The third-order valence-electron chi connectivity index (χ3n) is 2.65. The SMILES string of the molecule is CCOC(=O)c1nnn(Cc2cccc(Br)c2)c1CCl. The molecule has 1 aromatic carbocycles. The van der Waals surface area contributed by atoms with Gasteiger partial charge in [-0.2, -0.15) is 0 Å². The number of carbonyl (C=O) groups is 1. The molecule has 0 unspecified atom stereocenters. The summed E-state index contributed by atoms with van der Waals surface area (Å²) in [5.74, 6) is -0.349. The number of nitrogens with zero attached hydrogens (tertiary/aromatic N) is 3. The van der Waals surface area contributed by atoms with Gasteiger partial charge in [0.25, 0.3) is 0 Å². The first kappa shape index (κ1) is 15.0. The number of hydrogen-bond donors (Lipinski definition) is 0. The molecule has 0 atom stereocenters. The van der Waals surface area contributed by atoms with Crippen molar-refractivity contribution in [3.8, 4) is 0 Å². The lowest BCUT2D eigenvalue weighted by Crippen LogP contribution is -2.10. The van der Waals surface area contributed by atoms with Crippen molar-refractivity contribution >= 4 is 33.5 Å². The van der Waals surface area contributed by atoms with Crippen molar-refractivity contribution in [3.05, 3.63) is 45.7 Å². The molecule has 0 saturated heterocycles. The predicted octanol–water partition coefficient (Wildman–Crippen LogP) is 3.00. The largest absolute Gasteiger partial charge is 0.461 e. The van der Waals surface area contributed by atoms with Crippen LogP contribution in [0, 0.1) is 0 Å². The van der Waals surface area contributed by atoms with Crippen LogP contribution >= 0.6 is 27.5 Å². The Balaban J connectivity index is 2.27. The summed E-state index contributed by atoms with van der Waals surface area (Å²) in [6.45, 7) is 2.52. The van der Waals surface area contributed by atoms with Crippen molar-refractivity contribution in [2.24, 2.45) is 0 Å². The summed E-state index contributed by atoms with van der Waals surface area (Å²) in [6, 6.07) is 7.82. The van der Waals surface area contributed by atoms with Crippen LogP contribution in [0.1, 0.15) is 28.7 Å². The Bertz CT molecular complexity index is 615. The van der Waals surface area contributed by atoms with Gasteiger partial charge in [-0.15, -0.1) is 16.7 Å². The lowest BCUT2D eigenvalue weighted by atomic mass is 10.2. The Kier molecular flexibility index (Phi) is 5.14. The highest BCUT2D eigenvalue weighted by atomic mass is 79.9. The molecular weight excluding hydrogens is 346 g/mol. The summed E-state index contributed by atoms with van der Waals surface area (Å²) in [5.41, 5.74) is 1.77. The molecule has 5 nitrogen and oxygen atoms in total. The zero-order valence-electron chi connectivity index (χ0n) is 10.8. The van der Waals surface area contributed by atoms with Gasteiger partial charge in [0, 0.05) is 4.47 Å². The second-order valence-corrected chi connectivity index (χ2v) is 5.21. The fourth-order valence-electron chi connectivity index (χ4n) is 1.76. The van der Waals surface area contributed by atoms with Gasteiger partial charge in [-0.25, -0.2) is 9.48 Å². The van der Waals surface area contributed by atoms with Crippen LogP contribution in [0.4, 0.5) is 0 Å². The van der Waals surface area contributed by atoms with Crippen molar-refractivity contribution in [2.45, 2.75) is 19.3 Å². The fraction of sp³-hybridized carbons (Fsp3) is 0.308. The summed E-state index contributed by atoms with van der Waals surface area (Å²) >= 11 is 9.32. The first-order valence-corrected chi connectivity index (χ1v) is 7.38. The van der Waals surface area contributed by atoms with Crippen LogP contribution in [0.15, 0.2) is 28.7 Å². The highest BCUT2D eigenvalue weighted by Crippen LogP contribution is 2.15. The molecule has 106 valence electrons. The molecule has 7 heteroatoms. The normalized spacial score (nSPS) is 10.6. The van der Waals surface area contributed by atoms with E-state index in [0.717, 1.165) is 10.0 Å². The van der Waals surface area contributed by atoms with Gasteiger partial charge in [0.15, 0.2) is 5.69 Å². The molecule has 0 aliphatic heterocycles. The lowest BCUT2D eigenvalue weighted by molar-refractivity contribution is 0.0518. The minimum atomic E-state index is -0.497. The molecule has 0 fully saturated rings. The van der Waals surface area contributed by atoms with Crippen molar-refractivity contribution in [2.75, 3.05) is 6.61 Å². The van der Waals surface area contributed by atoms with E-state index in [1.54, 1.807) is 11.6 Å². The van der Waals surface area contributed by atoms with E-state index in [4.69, 9.17) is 16.3 Å². The first-order chi connectivity index (χ1) is 9.65. The molecule has 2 rings (SSSR count). The number of aromatic nitrogens is 3. The van der Waals surface area contributed by atoms with E-state index >= 15 is 0 Å². The Hall–Kier alpha value is -1.40. The van der Waals surface area contributed by atoms with Crippen molar-refractivity contribution in [1.29, 1.82) is 0 Å². The number of ether oxygens (including phenoxy) is 1. The van der Waals surface area contributed by atoms with E-state index in [0.29, 0.717) is 18.8 Å². The molecular formula is C13H13BrClN3O2. The minimum absolute atomic E-state index is 0.148. The molecule has 0 aliphatic rings. The molecule has 0 spiro atoms. The number of halogens is 2. The highest BCUT2D eigenvalue weighted by molar-refractivity contribution is 9.10. The molecule has 0 amide bonds. The minimum Gasteiger partial charge on any atom is -0.461 e. The number of alkyl halides is 1. The smallest absolute Gasteiger partial charge is 0.360 e. The molecule has 0 saturated carbocycles. The van der Waals surface area contributed by atoms with Gasteiger partial charge in [0.2, 0.25) is 0 Å². The third kappa shape index (κ3) is 3.37. The second kappa shape index (κ2) is 6.85. The van der Waals surface area contributed by atoms with E-state index in [2.05, 4.69) is 26.2 Å². The van der Waals surface area contributed by atoms with E-state index in [1.807, 2.05) is 24.3 Å².